The molecule has 0 heterocycles. The molecule has 78 valence electrons. The van der Waals surface area contributed by atoms with Crippen LogP contribution in [0.1, 0.15) is 30.5 Å². The number of hydrogen-bond donors (Lipinski definition) is 1. The summed E-state index contributed by atoms with van der Waals surface area (Å²) in [4.78, 5) is 0. The van der Waals surface area contributed by atoms with E-state index in [1.807, 2.05) is 6.92 Å². The molecule has 2 nitrogen and oxygen atoms in total. The first-order chi connectivity index (χ1) is 6.74. The minimum absolute atomic E-state index is 0.128. The highest BCUT2D eigenvalue weighted by Crippen LogP contribution is 2.11. The first-order valence-corrected chi connectivity index (χ1v) is 5.07. The summed E-state index contributed by atoms with van der Waals surface area (Å²) in [5.74, 6) is 0. The third kappa shape index (κ3) is 3.48. The molecule has 0 radical (unpaired) electrons. The Morgan fingerprint density at radius 2 is 1.93 bits per heavy atom. The largest absolute Gasteiger partial charge is 0.385 e. The Kier molecular flexibility index (Phi) is 4.63. The van der Waals surface area contributed by atoms with Crippen molar-refractivity contribution in [2.75, 3.05) is 13.7 Å². The minimum atomic E-state index is 0.128. The lowest BCUT2D eigenvalue weighted by Gasteiger charge is -2.06. The molecule has 1 aromatic carbocycles. The Morgan fingerprint density at radius 1 is 1.29 bits per heavy atom. The average molecular weight is 193 g/mol. The Hall–Kier alpha value is -0.860. The standard InChI is InChI=1S/C12H19NO/c1-10(13)12-7-5-11(6-8-12)4-3-9-14-2/h5-8,10H,3-4,9,13H2,1-2H3. The summed E-state index contributed by atoms with van der Waals surface area (Å²) in [7, 11) is 1.74. The Bertz CT molecular complexity index is 254. The smallest absolute Gasteiger partial charge is 0.0465 e. The summed E-state index contributed by atoms with van der Waals surface area (Å²) in [6, 6.07) is 8.63. The van der Waals surface area contributed by atoms with Crippen molar-refractivity contribution < 1.29 is 4.74 Å². The topological polar surface area (TPSA) is 35.2 Å². The number of aryl methyl sites for hydroxylation is 1. The van der Waals surface area contributed by atoms with Crippen LogP contribution in [0.15, 0.2) is 24.3 Å². The molecule has 0 saturated heterocycles. The van der Waals surface area contributed by atoms with Crippen LogP contribution < -0.4 is 5.73 Å². The van der Waals surface area contributed by atoms with Crippen LogP contribution in [-0.4, -0.2) is 13.7 Å². The van der Waals surface area contributed by atoms with Gasteiger partial charge in [-0.15, -0.1) is 0 Å². The van der Waals surface area contributed by atoms with Crippen LogP contribution >= 0.6 is 0 Å². The number of ether oxygens (including phenoxy) is 1. The maximum absolute atomic E-state index is 5.77. The van der Waals surface area contributed by atoms with Gasteiger partial charge in [-0.2, -0.15) is 0 Å². The molecular weight excluding hydrogens is 174 g/mol. The first kappa shape index (κ1) is 11.2. The first-order valence-electron chi connectivity index (χ1n) is 5.07. The molecule has 1 atom stereocenters. The SMILES string of the molecule is COCCCc1ccc(C(C)N)cc1. The molecule has 1 unspecified atom stereocenters. The van der Waals surface area contributed by atoms with Gasteiger partial charge in [0.25, 0.3) is 0 Å². The maximum Gasteiger partial charge on any atom is 0.0465 e. The molecule has 2 heteroatoms. The molecule has 0 aliphatic heterocycles. The van der Waals surface area contributed by atoms with Gasteiger partial charge >= 0.3 is 0 Å². The highest BCUT2D eigenvalue weighted by Gasteiger charge is 1.98. The quantitative estimate of drug-likeness (QED) is 0.728. The lowest BCUT2D eigenvalue weighted by molar-refractivity contribution is 0.195. The molecule has 0 amide bonds. The predicted molar refractivity (Wildman–Crippen MR) is 59.2 cm³/mol. The summed E-state index contributed by atoms with van der Waals surface area (Å²) in [5.41, 5.74) is 8.31. The number of nitrogens with two attached hydrogens (primary N) is 1. The Labute approximate surface area is 86.1 Å². The molecule has 1 rings (SSSR count). The summed E-state index contributed by atoms with van der Waals surface area (Å²) < 4.78 is 5.01. The van der Waals surface area contributed by atoms with Gasteiger partial charge < -0.3 is 10.5 Å². The second kappa shape index (κ2) is 5.78. The van der Waals surface area contributed by atoms with E-state index < -0.39 is 0 Å². The molecule has 0 spiro atoms. The third-order valence-corrected chi connectivity index (χ3v) is 2.32. The van der Waals surface area contributed by atoms with Crippen molar-refractivity contribution in [3.63, 3.8) is 0 Å². The van der Waals surface area contributed by atoms with Crippen molar-refractivity contribution in [1.29, 1.82) is 0 Å². The van der Waals surface area contributed by atoms with Crippen molar-refractivity contribution in [2.45, 2.75) is 25.8 Å². The molecule has 0 aliphatic carbocycles. The number of benzene rings is 1. The van der Waals surface area contributed by atoms with Crippen LogP contribution in [0.2, 0.25) is 0 Å². The van der Waals surface area contributed by atoms with E-state index in [9.17, 15) is 0 Å². The predicted octanol–water partition coefficient (Wildman–Crippen LogP) is 2.29. The van der Waals surface area contributed by atoms with Crippen molar-refractivity contribution in [3.05, 3.63) is 35.4 Å². The highest BCUT2D eigenvalue weighted by atomic mass is 16.5. The van der Waals surface area contributed by atoms with E-state index in [2.05, 4.69) is 24.3 Å². The lowest BCUT2D eigenvalue weighted by atomic mass is 10.0. The summed E-state index contributed by atoms with van der Waals surface area (Å²) in [6.07, 6.45) is 2.15. The average Bonchev–Trinajstić information content (AvgIpc) is 2.19. The van der Waals surface area contributed by atoms with E-state index >= 15 is 0 Å². The zero-order valence-electron chi connectivity index (χ0n) is 8.99. The molecule has 0 aromatic heterocycles. The van der Waals surface area contributed by atoms with E-state index in [1.54, 1.807) is 7.11 Å². The van der Waals surface area contributed by atoms with E-state index in [-0.39, 0.29) is 6.04 Å². The molecule has 0 saturated carbocycles. The monoisotopic (exact) mass is 193 g/mol. The fraction of sp³-hybridized carbons (Fsp3) is 0.500. The van der Waals surface area contributed by atoms with Gasteiger partial charge in [-0.3, -0.25) is 0 Å². The van der Waals surface area contributed by atoms with Crippen LogP contribution in [0.25, 0.3) is 0 Å². The summed E-state index contributed by atoms with van der Waals surface area (Å²) in [5, 5.41) is 0. The van der Waals surface area contributed by atoms with Gasteiger partial charge in [0, 0.05) is 19.8 Å². The maximum atomic E-state index is 5.77. The van der Waals surface area contributed by atoms with E-state index in [1.165, 1.54) is 11.1 Å². The van der Waals surface area contributed by atoms with Crippen molar-refractivity contribution in [1.82, 2.24) is 0 Å². The lowest BCUT2D eigenvalue weighted by Crippen LogP contribution is -2.04. The van der Waals surface area contributed by atoms with Crippen molar-refractivity contribution in [2.24, 2.45) is 5.73 Å². The second-order valence-corrected chi connectivity index (χ2v) is 3.63. The molecule has 1 aromatic rings. The van der Waals surface area contributed by atoms with Gasteiger partial charge in [-0.05, 0) is 30.9 Å². The Morgan fingerprint density at radius 3 is 2.43 bits per heavy atom. The van der Waals surface area contributed by atoms with Gasteiger partial charge in [0.05, 0.1) is 0 Å². The van der Waals surface area contributed by atoms with E-state index in [0.717, 1.165) is 19.4 Å². The van der Waals surface area contributed by atoms with Crippen LogP contribution in [0, 0.1) is 0 Å². The third-order valence-electron chi connectivity index (χ3n) is 2.32. The van der Waals surface area contributed by atoms with E-state index in [4.69, 9.17) is 10.5 Å². The zero-order valence-corrected chi connectivity index (χ0v) is 8.99. The number of methoxy groups -OCH3 is 1. The normalized spacial score (nSPS) is 12.8. The van der Waals surface area contributed by atoms with Crippen LogP contribution in [0.5, 0.6) is 0 Å². The molecule has 2 N–H and O–H groups in total. The second-order valence-electron chi connectivity index (χ2n) is 3.63. The highest BCUT2D eigenvalue weighted by molar-refractivity contribution is 5.24. The fourth-order valence-corrected chi connectivity index (χ4v) is 1.41. The summed E-state index contributed by atoms with van der Waals surface area (Å²) in [6.45, 7) is 2.83. The number of hydrogen-bond acceptors (Lipinski definition) is 2. The van der Waals surface area contributed by atoms with Gasteiger partial charge in [0.2, 0.25) is 0 Å². The van der Waals surface area contributed by atoms with Gasteiger partial charge in [0.1, 0.15) is 0 Å². The van der Waals surface area contributed by atoms with Gasteiger partial charge in [0.15, 0.2) is 0 Å². The fourth-order valence-electron chi connectivity index (χ4n) is 1.41. The van der Waals surface area contributed by atoms with Crippen LogP contribution in [0.4, 0.5) is 0 Å². The van der Waals surface area contributed by atoms with Crippen molar-refractivity contribution in [3.8, 4) is 0 Å². The Balaban J connectivity index is 2.47. The molecule has 0 bridgehead atoms. The zero-order chi connectivity index (χ0) is 10.4. The molecule has 0 fully saturated rings. The van der Waals surface area contributed by atoms with Gasteiger partial charge in [-0.25, -0.2) is 0 Å². The van der Waals surface area contributed by atoms with E-state index in [0.29, 0.717) is 0 Å². The minimum Gasteiger partial charge on any atom is -0.385 e. The molecule has 0 aliphatic rings. The van der Waals surface area contributed by atoms with Crippen LogP contribution in [0.3, 0.4) is 0 Å². The van der Waals surface area contributed by atoms with Crippen LogP contribution in [-0.2, 0) is 11.2 Å². The summed E-state index contributed by atoms with van der Waals surface area (Å²) >= 11 is 0. The molecule has 14 heavy (non-hydrogen) atoms. The molecular formula is C12H19NO. The van der Waals surface area contributed by atoms with Gasteiger partial charge in [-0.1, -0.05) is 24.3 Å². The van der Waals surface area contributed by atoms with Crippen molar-refractivity contribution >= 4 is 0 Å². The number of rotatable bonds is 5.